The van der Waals surface area contributed by atoms with Crippen LogP contribution in [-0.4, -0.2) is 4.98 Å². The van der Waals surface area contributed by atoms with Gasteiger partial charge in [0.15, 0.2) is 0 Å². The van der Waals surface area contributed by atoms with Crippen LogP contribution in [0.15, 0.2) is 73.8 Å². The SMILES string of the molecule is N#CC(=CNc1cccc(C(F)(F)F)c1)c1nc(-c2cc3cc(Br)ccc3oc2=O)cs1. The summed E-state index contributed by atoms with van der Waals surface area (Å²) in [6, 6.07) is 13.5. The molecular formula is C22H11BrF3N3O2S. The summed E-state index contributed by atoms with van der Waals surface area (Å²) in [5, 5.41) is 14.8. The first-order chi connectivity index (χ1) is 15.2. The number of nitrogens with one attached hydrogen (secondary N) is 1. The molecule has 0 fully saturated rings. The van der Waals surface area contributed by atoms with Crippen molar-refractivity contribution in [1.29, 1.82) is 5.26 Å². The highest BCUT2D eigenvalue weighted by molar-refractivity contribution is 9.10. The van der Waals surface area contributed by atoms with Crippen LogP contribution in [0.1, 0.15) is 10.6 Å². The zero-order valence-electron chi connectivity index (χ0n) is 15.9. The van der Waals surface area contributed by atoms with Crippen LogP contribution in [0.4, 0.5) is 18.9 Å². The Morgan fingerprint density at radius 2 is 2.03 bits per heavy atom. The van der Waals surface area contributed by atoms with Gasteiger partial charge >= 0.3 is 11.8 Å². The lowest BCUT2D eigenvalue weighted by Gasteiger charge is -2.08. The third-order valence-corrected chi connectivity index (χ3v) is 5.77. The van der Waals surface area contributed by atoms with Crippen LogP contribution < -0.4 is 10.9 Å². The maximum atomic E-state index is 12.9. The highest BCUT2D eigenvalue weighted by atomic mass is 79.9. The van der Waals surface area contributed by atoms with E-state index in [4.69, 9.17) is 4.42 Å². The Kier molecular flexibility index (Phi) is 5.86. The molecule has 160 valence electrons. The molecular weight excluding hydrogens is 507 g/mol. The van der Waals surface area contributed by atoms with Gasteiger partial charge in [-0.1, -0.05) is 22.0 Å². The second-order valence-electron chi connectivity index (χ2n) is 6.56. The van der Waals surface area contributed by atoms with Crippen LogP contribution in [0, 0.1) is 11.3 Å². The van der Waals surface area contributed by atoms with E-state index in [9.17, 15) is 23.2 Å². The predicted octanol–water partition coefficient (Wildman–Crippen LogP) is 6.67. The lowest BCUT2D eigenvalue weighted by molar-refractivity contribution is -0.137. The largest absolute Gasteiger partial charge is 0.422 e. The van der Waals surface area contributed by atoms with Gasteiger partial charge in [0.25, 0.3) is 0 Å². The number of halogens is 4. The first-order valence-electron chi connectivity index (χ1n) is 8.98. The number of anilines is 1. The van der Waals surface area contributed by atoms with Crippen LogP contribution in [0.3, 0.4) is 0 Å². The van der Waals surface area contributed by atoms with Crippen molar-refractivity contribution < 1.29 is 17.6 Å². The Morgan fingerprint density at radius 1 is 1.22 bits per heavy atom. The quantitative estimate of drug-likeness (QED) is 0.241. The van der Waals surface area contributed by atoms with E-state index >= 15 is 0 Å². The predicted molar refractivity (Wildman–Crippen MR) is 120 cm³/mol. The van der Waals surface area contributed by atoms with Crippen molar-refractivity contribution in [3.63, 3.8) is 0 Å². The van der Waals surface area contributed by atoms with Gasteiger partial charge in [-0.2, -0.15) is 18.4 Å². The van der Waals surface area contributed by atoms with Crippen molar-refractivity contribution >= 4 is 49.5 Å². The van der Waals surface area contributed by atoms with E-state index in [1.807, 2.05) is 6.07 Å². The van der Waals surface area contributed by atoms with Crippen molar-refractivity contribution in [2.24, 2.45) is 0 Å². The molecule has 4 aromatic rings. The monoisotopic (exact) mass is 517 g/mol. The molecule has 32 heavy (non-hydrogen) atoms. The zero-order valence-corrected chi connectivity index (χ0v) is 18.3. The average molecular weight is 518 g/mol. The van der Waals surface area contributed by atoms with E-state index in [-0.39, 0.29) is 16.8 Å². The zero-order chi connectivity index (χ0) is 22.9. The number of alkyl halides is 3. The maximum Gasteiger partial charge on any atom is 0.416 e. The molecule has 0 aliphatic rings. The third kappa shape index (κ3) is 4.59. The minimum atomic E-state index is -4.47. The number of hydrogen-bond acceptors (Lipinski definition) is 6. The normalized spacial score (nSPS) is 12.0. The molecule has 2 heterocycles. The molecule has 1 N–H and O–H groups in total. The van der Waals surface area contributed by atoms with Crippen LogP contribution in [0.5, 0.6) is 0 Å². The van der Waals surface area contributed by atoms with E-state index in [0.717, 1.165) is 27.9 Å². The number of aromatic nitrogens is 1. The molecule has 0 spiro atoms. The molecule has 2 aromatic carbocycles. The van der Waals surface area contributed by atoms with E-state index in [2.05, 4.69) is 26.2 Å². The molecule has 4 rings (SSSR count). The fraction of sp³-hybridized carbons (Fsp3) is 0.0455. The fourth-order valence-electron chi connectivity index (χ4n) is 2.88. The Balaban J connectivity index is 1.64. The van der Waals surface area contributed by atoms with Gasteiger partial charge in [0, 0.05) is 27.1 Å². The molecule has 0 aliphatic heterocycles. The Hall–Kier alpha value is -3.42. The van der Waals surface area contributed by atoms with Crippen molar-refractivity contribution in [2.45, 2.75) is 6.18 Å². The third-order valence-electron chi connectivity index (χ3n) is 4.40. The lowest BCUT2D eigenvalue weighted by atomic mass is 10.1. The Labute approximate surface area is 191 Å². The molecule has 0 bridgehead atoms. The van der Waals surface area contributed by atoms with Crippen molar-refractivity contribution in [3.8, 4) is 17.3 Å². The Bertz CT molecular complexity index is 1450. The van der Waals surface area contributed by atoms with Crippen molar-refractivity contribution in [1.82, 2.24) is 4.98 Å². The van der Waals surface area contributed by atoms with Gasteiger partial charge in [-0.05, 0) is 42.5 Å². The minimum absolute atomic E-state index is 0.103. The summed E-state index contributed by atoms with van der Waals surface area (Å²) in [6.45, 7) is 0. The van der Waals surface area contributed by atoms with Gasteiger partial charge in [-0.3, -0.25) is 0 Å². The van der Waals surface area contributed by atoms with E-state index in [0.29, 0.717) is 21.7 Å². The number of hydrogen-bond donors (Lipinski definition) is 1. The number of allylic oxidation sites excluding steroid dienone is 1. The van der Waals surface area contributed by atoms with E-state index in [1.165, 1.54) is 18.3 Å². The van der Waals surface area contributed by atoms with Crippen molar-refractivity contribution in [3.05, 3.63) is 85.6 Å². The van der Waals surface area contributed by atoms with E-state index < -0.39 is 17.4 Å². The summed E-state index contributed by atoms with van der Waals surface area (Å²) in [5.74, 6) is 0. The number of nitriles is 1. The molecule has 5 nitrogen and oxygen atoms in total. The summed E-state index contributed by atoms with van der Waals surface area (Å²) < 4.78 is 44.8. The fourth-order valence-corrected chi connectivity index (χ4v) is 4.04. The summed E-state index contributed by atoms with van der Waals surface area (Å²) in [4.78, 5) is 16.7. The lowest BCUT2D eigenvalue weighted by Crippen LogP contribution is -2.05. The van der Waals surface area contributed by atoms with Gasteiger partial charge in [0.05, 0.1) is 16.8 Å². The highest BCUT2D eigenvalue weighted by Crippen LogP contribution is 2.31. The number of benzene rings is 2. The van der Waals surface area contributed by atoms with Crippen molar-refractivity contribution in [2.75, 3.05) is 5.32 Å². The summed E-state index contributed by atoms with van der Waals surface area (Å²) >= 11 is 4.49. The molecule has 0 unspecified atom stereocenters. The second kappa shape index (κ2) is 8.61. The molecule has 0 aliphatic carbocycles. The molecule has 0 radical (unpaired) electrons. The van der Waals surface area contributed by atoms with Gasteiger partial charge in [-0.25, -0.2) is 9.78 Å². The average Bonchev–Trinajstić information content (AvgIpc) is 3.23. The van der Waals surface area contributed by atoms with Gasteiger partial charge in [0.2, 0.25) is 0 Å². The minimum Gasteiger partial charge on any atom is -0.422 e. The topological polar surface area (TPSA) is 78.9 Å². The molecule has 0 saturated carbocycles. The number of rotatable bonds is 4. The second-order valence-corrected chi connectivity index (χ2v) is 8.33. The van der Waals surface area contributed by atoms with Gasteiger partial charge in [0.1, 0.15) is 22.2 Å². The summed E-state index contributed by atoms with van der Waals surface area (Å²) in [5.41, 5.74) is -0.0964. The highest BCUT2D eigenvalue weighted by Gasteiger charge is 2.30. The van der Waals surface area contributed by atoms with Gasteiger partial charge in [-0.15, -0.1) is 11.3 Å². The van der Waals surface area contributed by atoms with E-state index in [1.54, 1.807) is 29.6 Å². The van der Waals surface area contributed by atoms with Crippen LogP contribution >= 0.6 is 27.3 Å². The standard InChI is InChI=1S/C22H11BrF3N3O2S/c23-15-4-5-19-12(6-15)7-17(21(30)31-19)18-11-32-20(29-18)13(9-27)10-28-16-3-1-2-14(8-16)22(24,25)26/h1-8,10-11,28H. The maximum absolute atomic E-state index is 12.9. The number of thiazole rings is 1. The molecule has 0 amide bonds. The van der Waals surface area contributed by atoms with Crippen LogP contribution in [-0.2, 0) is 6.18 Å². The first kappa shape index (κ1) is 21.8. The molecule has 10 heteroatoms. The molecule has 0 saturated heterocycles. The summed E-state index contributed by atoms with van der Waals surface area (Å²) in [7, 11) is 0. The summed E-state index contributed by atoms with van der Waals surface area (Å²) in [6.07, 6.45) is -3.20. The number of nitrogens with zero attached hydrogens (tertiary/aromatic N) is 2. The smallest absolute Gasteiger partial charge is 0.416 e. The Morgan fingerprint density at radius 3 is 2.78 bits per heavy atom. The molecule has 0 atom stereocenters. The molecule has 2 aromatic heterocycles. The van der Waals surface area contributed by atoms with Gasteiger partial charge < -0.3 is 9.73 Å². The van der Waals surface area contributed by atoms with Crippen LogP contribution in [0.2, 0.25) is 0 Å². The first-order valence-corrected chi connectivity index (χ1v) is 10.7. The van der Waals surface area contributed by atoms with Crippen LogP contribution in [0.25, 0.3) is 27.8 Å². The number of fused-ring (bicyclic) bond motifs is 1.